The minimum Gasteiger partial charge on any atom is -0.497 e. The van der Waals surface area contributed by atoms with E-state index in [4.69, 9.17) is 16.3 Å². The Labute approximate surface area is 166 Å². The van der Waals surface area contributed by atoms with Crippen molar-refractivity contribution in [1.29, 1.82) is 0 Å². The Kier molecular flexibility index (Phi) is 5.90. The third kappa shape index (κ3) is 4.66. The summed E-state index contributed by atoms with van der Waals surface area (Å²) >= 11 is 5.83. The van der Waals surface area contributed by atoms with Crippen LogP contribution in [0.15, 0.2) is 48.5 Å². The van der Waals surface area contributed by atoms with Crippen LogP contribution in [0.3, 0.4) is 0 Å². The highest BCUT2D eigenvalue weighted by Crippen LogP contribution is 2.17. The van der Waals surface area contributed by atoms with Gasteiger partial charge in [0.05, 0.1) is 12.8 Å². The van der Waals surface area contributed by atoms with Gasteiger partial charge in [-0.1, -0.05) is 16.8 Å². The van der Waals surface area contributed by atoms with E-state index in [9.17, 15) is 9.59 Å². The van der Waals surface area contributed by atoms with Crippen LogP contribution in [-0.4, -0.2) is 33.9 Å². The predicted molar refractivity (Wildman–Crippen MR) is 106 cm³/mol. The lowest BCUT2D eigenvalue weighted by molar-refractivity contribution is -0.117. The molecule has 0 aliphatic rings. The third-order valence-corrected chi connectivity index (χ3v) is 4.22. The Morgan fingerprint density at radius 3 is 2.29 bits per heavy atom. The maximum Gasteiger partial charge on any atom is 0.278 e. The first kappa shape index (κ1) is 19.4. The SMILES string of the molecule is COc1ccc(NC(=O)c2nnn(CC(=O)Nc3ccc(Cl)cc3)c2C)cc1. The molecule has 1 heterocycles. The number of anilines is 2. The number of halogens is 1. The molecule has 3 aromatic rings. The van der Waals surface area contributed by atoms with E-state index in [0.717, 1.165) is 0 Å². The van der Waals surface area contributed by atoms with E-state index in [1.807, 2.05) is 0 Å². The van der Waals surface area contributed by atoms with Crippen molar-refractivity contribution in [3.63, 3.8) is 0 Å². The van der Waals surface area contributed by atoms with Crippen LogP contribution < -0.4 is 15.4 Å². The van der Waals surface area contributed by atoms with E-state index in [1.54, 1.807) is 62.6 Å². The molecule has 0 saturated heterocycles. The molecular formula is C19H18ClN5O3. The van der Waals surface area contributed by atoms with Crippen LogP contribution in [0.1, 0.15) is 16.2 Å². The van der Waals surface area contributed by atoms with Gasteiger partial charge in [0.15, 0.2) is 5.69 Å². The first-order valence-corrected chi connectivity index (χ1v) is 8.75. The Morgan fingerprint density at radius 1 is 1.04 bits per heavy atom. The molecule has 0 aliphatic carbocycles. The summed E-state index contributed by atoms with van der Waals surface area (Å²) in [5, 5.41) is 13.9. The lowest BCUT2D eigenvalue weighted by atomic mass is 10.2. The third-order valence-electron chi connectivity index (χ3n) is 3.97. The van der Waals surface area contributed by atoms with E-state index in [2.05, 4.69) is 20.9 Å². The van der Waals surface area contributed by atoms with Gasteiger partial charge in [0, 0.05) is 16.4 Å². The summed E-state index contributed by atoms with van der Waals surface area (Å²) in [6.45, 7) is 1.61. The lowest BCUT2D eigenvalue weighted by Gasteiger charge is -2.07. The summed E-state index contributed by atoms with van der Waals surface area (Å²) in [6.07, 6.45) is 0. The summed E-state index contributed by atoms with van der Waals surface area (Å²) in [6, 6.07) is 13.7. The molecule has 0 radical (unpaired) electrons. The number of benzene rings is 2. The standard InChI is InChI=1S/C19H18ClN5O3/c1-12-18(19(27)22-15-7-9-16(28-2)10-8-15)23-24-25(12)11-17(26)21-14-5-3-13(20)4-6-14/h3-10H,11H2,1-2H3,(H,21,26)(H,22,27). The minimum absolute atomic E-state index is 0.0721. The van der Waals surface area contributed by atoms with Crippen LogP contribution in [0, 0.1) is 6.92 Å². The molecule has 0 atom stereocenters. The van der Waals surface area contributed by atoms with E-state index in [1.165, 1.54) is 4.68 Å². The smallest absolute Gasteiger partial charge is 0.278 e. The summed E-state index contributed by atoms with van der Waals surface area (Å²) < 4.78 is 6.45. The number of rotatable bonds is 6. The zero-order valence-electron chi connectivity index (χ0n) is 15.3. The predicted octanol–water partition coefficient (Wildman–Crippen LogP) is 3.14. The zero-order valence-corrected chi connectivity index (χ0v) is 16.0. The number of carbonyl (C=O) groups is 2. The van der Waals surface area contributed by atoms with Gasteiger partial charge in [-0.15, -0.1) is 5.10 Å². The van der Waals surface area contributed by atoms with Crippen LogP contribution in [0.25, 0.3) is 0 Å². The van der Waals surface area contributed by atoms with Crippen molar-refractivity contribution in [1.82, 2.24) is 15.0 Å². The Hall–Kier alpha value is -3.39. The van der Waals surface area contributed by atoms with Gasteiger partial charge in [0.1, 0.15) is 12.3 Å². The van der Waals surface area contributed by atoms with Crippen LogP contribution in [0.2, 0.25) is 5.02 Å². The molecule has 0 unspecified atom stereocenters. The van der Waals surface area contributed by atoms with E-state index in [-0.39, 0.29) is 18.1 Å². The zero-order chi connectivity index (χ0) is 20.1. The Balaban J connectivity index is 1.64. The van der Waals surface area contributed by atoms with Crippen molar-refractivity contribution in [2.45, 2.75) is 13.5 Å². The molecule has 2 aromatic carbocycles. The fourth-order valence-corrected chi connectivity index (χ4v) is 2.58. The largest absolute Gasteiger partial charge is 0.497 e. The number of nitrogens with zero attached hydrogens (tertiary/aromatic N) is 3. The van der Waals surface area contributed by atoms with Gasteiger partial charge in [-0.25, -0.2) is 4.68 Å². The molecule has 1 aromatic heterocycles. The number of ether oxygens (including phenoxy) is 1. The number of hydrogen-bond donors (Lipinski definition) is 2. The molecule has 8 nitrogen and oxygen atoms in total. The van der Waals surface area contributed by atoms with Gasteiger partial charge < -0.3 is 15.4 Å². The molecule has 0 bridgehead atoms. The number of aromatic nitrogens is 3. The van der Waals surface area contributed by atoms with Crippen molar-refractivity contribution in [2.75, 3.05) is 17.7 Å². The van der Waals surface area contributed by atoms with Crippen molar-refractivity contribution in [3.8, 4) is 5.75 Å². The molecule has 144 valence electrons. The number of hydrogen-bond acceptors (Lipinski definition) is 5. The van der Waals surface area contributed by atoms with E-state index < -0.39 is 5.91 Å². The monoisotopic (exact) mass is 399 g/mol. The molecule has 0 saturated carbocycles. The van der Waals surface area contributed by atoms with Gasteiger partial charge in [0.2, 0.25) is 5.91 Å². The molecule has 9 heteroatoms. The van der Waals surface area contributed by atoms with Crippen molar-refractivity contribution >= 4 is 34.8 Å². The summed E-state index contributed by atoms with van der Waals surface area (Å²) in [7, 11) is 1.57. The minimum atomic E-state index is -0.410. The van der Waals surface area contributed by atoms with Gasteiger partial charge in [0.25, 0.3) is 5.91 Å². The number of amides is 2. The van der Waals surface area contributed by atoms with E-state index in [0.29, 0.717) is 27.8 Å². The number of nitrogens with one attached hydrogen (secondary N) is 2. The quantitative estimate of drug-likeness (QED) is 0.663. The second-order valence-corrected chi connectivity index (χ2v) is 6.36. The lowest BCUT2D eigenvalue weighted by Crippen LogP contribution is -2.21. The summed E-state index contributed by atoms with van der Waals surface area (Å²) in [5.74, 6) is -0.0173. The number of methoxy groups -OCH3 is 1. The van der Waals surface area contributed by atoms with Crippen LogP contribution >= 0.6 is 11.6 Å². The average molecular weight is 400 g/mol. The Bertz CT molecular complexity index is 984. The van der Waals surface area contributed by atoms with Crippen molar-refractivity contribution in [3.05, 3.63) is 64.9 Å². The normalized spacial score (nSPS) is 10.4. The highest BCUT2D eigenvalue weighted by Gasteiger charge is 2.18. The highest BCUT2D eigenvalue weighted by atomic mass is 35.5. The van der Waals surface area contributed by atoms with Crippen LogP contribution in [0.5, 0.6) is 5.75 Å². The molecule has 0 spiro atoms. The van der Waals surface area contributed by atoms with Crippen molar-refractivity contribution in [2.24, 2.45) is 0 Å². The van der Waals surface area contributed by atoms with Crippen LogP contribution in [-0.2, 0) is 11.3 Å². The second-order valence-electron chi connectivity index (χ2n) is 5.92. The topological polar surface area (TPSA) is 98.1 Å². The second kappa shape index (κ2) is 8.53. The van der Waals surface area contributed by atoms with Gasteiger partial charge in [-0.2, -0.15) is 0 Å². The van der Waals surface area contributed by atoms with Crippen molar-refractivity contribution < 1.29 is 14.3 Å². The average Bonchev–Trinajstić information content (AvgIpc) is 3.04. The summed E-state index contributed by atoms with van der Waals surface area (Å²) in [4.78, 5) is 24.6. The molecule has 0 fully saturated rings. The molecule has 2 N–H and O–H groups in total. The molecule has 3 rings (SSSR count). The van der Waals surface area contributed by atoms with E-state index >= 15 is 0 Å². The molecule has 2 amide bonds. The maximum absolute atomic E-state index is 12.4. The Morgan fingerprint density at radius 2 is 1.64 bits per heavy atom. The first-order valence-electron chi connectivity index (χ1n) is 8.37. The molecule has 0 aliphatic heterocycles. The summed E-state index contributed by atoms with van der Waals surface area (Å²) in [5.41, 5.74) is 1.84. The fraction of sp³-hybridized carbons (Fsp3) is 0.158. The number of carbonyl (C=O) groups excluding carboxylic acids is 2. The molecule has 28 heavy (non-hydrogen) atoms. The highest BCUT2D eigenvalue weighted by molar-refractivity contribution is 6.30. The van der Waals surface area contributed by atoms with Crippen LogP contribution in [0.4, 0.5) is 11.4 Å². The maximum atomic E-state index is 12.4. The van der Waals surface area contributed by atoms with Gasteiger partial charge >= 0.3 is 0 Å². The first-order chi connectivity index (χ1) is 13.5. The van der Waals surface area contributed by atoms with Gasteiger partial charge in [-0.05, 0) is 55.5 Å². The fourth-order valence-electron chi connectivity index (χ4n) is 2.45. The molecular weight excluding hydrogens is 382 g/mol. The van der Waals surface area contributed by atoms with Gasteiger partial charge in [-0.3, -0.25) is 9.59 Å².